The maximum Gasteiger partial charge on any atom is 0.282 e. The first-order valence-electron chi connectivity index (χ1n) is 8.26. The van der Waals surface area contributed by atoms with Crippen LogP contribution in [0.3, 0.4) is 0 Å². The molecule has 0 bridgehead atoms. The largest absolute Gasteiger partial charge is 0.322 e. The topological polar surface area (TPSA) is 46.9 Å². The maximum absolute atomic E-state index is 13.0. The lowest BCUT2D eigenvalue weighted by molar-refractivity contribution is 0.101. The van der Waals surface area contributed by atoms with Gasteiger partial charge in [0.05, 0.1) is 5.56 Å². The van der Waals surface area contributed by atoms with Crippen LogP contribution in [-0.2, 0) is 7.05 Å². The number of amides is 1. The zero-order valence-corrected chi connectivity index (χ0v) is 13.4. The van der Waals surface area contributed by atoms with E-state index < -0.39 is 18.0 Å². The van der Waals surface area contributed by atoms with Gasteiger partial charge in [0, 0.05) is 18.9 Å². The second-order valence-corrected chi connectivity index (χ2v) is 6.83. The van der Waals surface area contributed by atoms with Crippen LogP contribution in [0.15, 0.2) is 30.5 Å². The number of carbonyl (C=O) groups excluding carboxylic acids is 1. The summed E-state index contributed by atoms with van der Waals surface area (Å²) in [4.78, 5) is 12.3. The first-order chi connectivity index (χ1) is 11.5. The highest BCUT2D eigenvalue weighted by atomic mass is 19.3. The molecule has 2 aromatic rings. The molecule has 0 radical (unpaired) electrons. The Labute approximate surface area is 138 Å². The number of aromatic nitrogens is 2. The molecular formula is C18H19F2N3O. The molecule has 2 atom stereocenters. The van der Waals surface area contributed by atoms with Crippen LogP contribution in [0.5, 0.6) is 0 Å². The van der Waals surface area contributed by atoms with Gasteiger partial charge in [-0.1, -0.05) is 12.1 Å². The summed E-state index contributed by atoms with van der Waals surface area (Å²) in [5.74, 6) is 1.71. The highest BCUT2D eigenvalue weighted by Gasteiger charge is 2.47. The highest BCUT2D eigenvalue weighted by Crippen LogP contribution is 2.59. The minimum Gasteiger partial charge on any atom is -0.322 e. The van der Waals surface area contributed by atoms with Gasteiger partial charge >= 0.3 is 0 Å². The zero-order chi connectivity index (χ0) is 16.8. The summed E-state index contributed by atoms with van der Waals surface area (Å²) in [6.45, 7) is 0. The number of carbonyl (C=O) groups is 1. The van der Waals surface area contributed by atoms with Crippen LogP contribution in [0.25, 0.3) is 0 Å². The first-order valence-corrected chi connectivity index (χ1v) is 8.26. The molecule has 1 N–H and O–H groups in total. The molecule has 24 heavy (non-hydrogen) atoms. The molecule has 0 spiro atoms. The molecule has 2 unspecified atom stereocenters. The van der Waals surface area contributed by atoms with Crippen molar-refractivity contribution in [2.75, 3.05) is 5.32 Å². The van der Waals surface area contributed by atoms with Gasteiger partial charge in [-0.05, 0) is 54.7 Å². The van der Waals surface area contributed by atoms with Crippen molar-refractivity contribution >= 4 is 11.6 Å². The maximum atomic E-state index is 13.0. The van der Waals surface area contributed by atoms with E-state index in [1.54, 1.807) is 6.07 Å². The third kappa shape index (κ3) is 2.92. The average molecular weight is 331 g/mol. The molecule has 1 heterocycles. The Morgan fingerprint density at radius 2 is 2.17 bits per heavy atom. The van der Waals surface area contributed by atoms with E-state index in [1.165, 1.54) is 42.8 Å². The second kappa shape index (κ2) is 5.69. The molecule has 2 fully saturated rings. The van der Waals surface area contributed by atoms with Gasteiger partial charge < -0.3 is 5.32 Å². The number of halogens is 2. The van der Waals surface area contributed by atoms with E-state index in [1.807, 2.05) is 12.1 Å². The quantitative estimate of drug-likeness (QED) is 0.896. The molecule has 1 amide bonds. The lowest BCUT2D eigenvalue weighted by atomic mass is 10.1. The van der Waals surface area contributed by atoms with Gasteiger partial charge in [0.15, 0.2) is 0 Å². The number of benzene rings is 1. The van der Waals surface area contributed by atoms with Gasteiger partial charge in [-0.15, -0.1) is 0 Å². The van der Waals surface area contributed by atoms with Crippen molar-refractivity contribution < 1.29 is 13.6 Å². The van der Waals surface area contributed by atoms with Gasteiger partial charge in [0.1, 0.15) is 5.69 Å². The summed E-state index contributed by atoms with van der Waals surface area (Å²) in [6, 6.07) is 7.74. The smallest absolute Gasteiger partial charge is 0.282 e. The van der Waals surface area contributed by atoms with E-state index in [9.17, 15) is 13.6 Å². The predicted octanol–water partition coefficient (Wildman–Crippen LogP) is 4.12. The third-order valence-corrected chi connectivity index (χ3v) is 4.95. The minimum absolute atomic E-state index is 0.0832. The highest BCUT2D eigenvalue weighted by molar-refractivity contribution is 6.05. The van der Waals surface area contributed by atoms with Crippen LogP contribution < -0.4 is 5.32 Å². The van der Waals surface area contributed by atoms with E-state index >= 15 is 0 Å². The van der Waals surface area contributed by atoms with Gasteiger partial charge in [-0.3, -0.25) is 9.48 Å². The summed E-state index contributed by atoms with van der Waals surface area (Å²) in [5.41, 5.74) is 1.30. The monoisotopic (exact) mass is 331 g/mol. The number of alkyl halides is 2. The Hall–Kier alpha value is -2.24. The fraction of sp³-hybridized carbons (Fsp3) is 0.444. The van der Waals surface area contributed by atoms with E-state index in [0.717, 1.165) is 11.8 Å². The summed E-state index contributed by atoms with van der Waals surface area (Å²) < 4.78 is 27.2. The van der Waals surface area contributed by atoms with Crippen molar-refractivity contribution in [1.29, 1.82) is 0 Å². The molecule has 1 aromatic heterocycles. The Balaban J connectivity index is 1.50. The zero-order valence-electron chi connectivity index (χ0n) is 13.4. The van der Waals surface area contributed by atoms with E-state index in [-0.39, 0.29) is 5.56 Å². The van der Waals surface area contributed by atoms with Gasteiger partial charge in [0.25, 0.3) is 12.3 Å². The number of hydrogen-bond acceptors (Lipinski definition) is 2. The fourth-order valence-electron chi connectivity index (χ4n) is 3.53. The molecule has 6 heteroatoms. The van der Waals surface area contributed by atoms with Crippen LogP contribution >= 0.6 is 0 Å². The average Bonchev–Trinajstić information content (AvgIpc) is 3.42. The number of hydrogen-bond donors (Lipinski definition) is 1. The summed E-state index contributed by atoms with van der Waals surface area (Å²) in [6.07, 6.45) is 2.46. The van der Waals surface area contributed by atoms with Crippen molar-refractivity contribution in [3.8, 4) is 0 Å². The number of anilines is 1. The van der Waals surface area contributed by atoms with Crippen LogP contribution in [0, 0.1) is 11.8 Å². The molecule has 2 aliphatic rings. The fourth-order valence-corrected chi connectivity index (χ4v) is 3.53. The Kier molecular flexibility index (Phi) is 3.62. The van der Waals surface area contributed by atoms with E-state index in [2.05, 4.69) is 16.5 Å². The van der Waals surface area contributed by atoms with Crippen LogP contribution in [0.4, 0.5) is 14.5 Å². The molecule has 4 rings (SSSR count). The molecule has 2 saturated carbocycles. The van der Waals surface area contributed by atoms with Crippen molar-refractivity contribution in [3.63, 3.8) is 0 Å². The molecule has 1 aromatic carbocycles. The van der Waals surface area contributed by atoms with Crippen molar-refractivity contribution in [2.45, 2.75) is 31.6 Å². The lowest BCUT2D eigenvalue weighted by Crippen LogP contribution is -2.13. The molecular weight excluding hydrogens is 312 g/mol. The van der Waals surface area contributed by atoms with E-state index in [0.29, 0.717) is 11.6 Å². The summed E-state index contributed by atoms with van der Waals surface area (Å²) in [7, 11) is 1.52. The third-order valence-electron chi connectivity index (χ3n) is 4.95. The molecule has 2 aliphatic carbocycles. The second-order valence-electron chi connectivity index (χ2n) is 6.83. The standard InChI is InChI=1S/C18H19F2N3O/c1-23-9-15(16(22-23)17(19)20)18(24)21-12-4-2-3-11(7-12)14-8-13(14)10-5-6-10/h2-4,7,9-10,13-14,17H,5-6,8H2,1H3,(H,21,24). The first kappa shape index (κ1) is 15.3. The Morgan fingerprint density at radius 3 is 2.88 bits per heavy atom. The lowest BCUT2D eigenvalue weighted by Gasteiger charge is -2.07. The molecule has 4 nitrogen and oxygen atoms in total. The number of nitrogens with one attached hydrogen (secondary N) is 1. The molecule has 126 valence electrons. The minimum atomic E-state index is -2.77. The number of rotatable bonds is 5. The van der Waals surface area contributed by atoms with Crippen molar-refractivity contribution in [2.24, 2.45) is 18.9 Å². The Morgan fingerprint density at radius 1 is 1.38 bits per heavy atom. The van der Waals surface area contributed by atoms with Crippen LogP contribution in [-0.4, -0.2) is 15.7 Å². The van der Waals surface area contributed by atoms with Crippen LogP contribution in [0.2, 0.25) is 0 Å². The van der Waals surface area contributed by atoms with Gasteiger partial charge in [-0.25, -0.2) is 8.78 Å². The summed E-state index contributed by atoms with van der Waals surface area (Å²) in [5, 5.41) is 6.39. The predicted molar refractivity (Wildman–Crippen MR) is 86.1 cm³/mol. The van der Waals surface area contributed by atoms with Crippen LogP contribution in [0.1, 0.15) is 53.2 Å². The van der Waals surface area contributed by atoms with Gasteiger partial charge in [0.2, 0.25) is 0 Å². The SMILES string of the molecule is Cn1cc(C(=O)Nc2cccc(C3CC3C3CC3)c2)c(C(F)F)n1. The number of aryl methyl sites for hydroxylation is 1. The van der Waals surface area contributed by atoms with Crippen molar-refractivity contribution in [3.05, 3.63) is 47.3 Å². The molecule has 0 saturated heterocycles. The van der Waals surface area contributed by atoms with Gasteiger partial charge in [-0.2, -0.15) is 5.10 Å². The molecule has 0 aliphatic heterocycles. The van der Waals surface area contributed by atoms with Crippen molar-refractivity contribution in [1.82, 2.24) is 9.78 Å². The Bertz CT molecular complexity index is 782. The van der Waals surface area contributed by atoms with E-state index in [4.69, 9.17) is 0 Å². The normalized spacial score (nSPS) is 22.7. The number of nitrogens with zero attached hydrogens (tertiary/aromatic N) is 2. The summed E-state index contributed by atoms with van der Waals surface area (Å²) >= 11 is 0.